The second-order valence-corrected chi connectivity index (χ2v) is 3.92. The summed E-state index contributed by atoms with van der Waals surface area (Å²) in [6.07, 6.45) is 1.47. The largest absolute Gasteiger partial charge is 0.497 e. The van der Waals surface area contributed by atoms with Gasteiger partial charge in [0.15, 0.2) is 5.17 Å². The average molecular weight is 237 g/mol. The molecule has 0 atom stereocenters. The van der Waals surface area contributed by atoms with E-state index < -0.39 is 0 Å². The highest BCUT2D eigenvalue weighted by Gasteiger charge is 1.97. The number of nitrogens with zero attached hydrogens (tertiary/aromatic N) is 1. The Kier molecular flexibility index (Phi) is 5.28. The normalized spacial score (nSPS) is 10.9. The van der Waals surface area contributed by atoms with E-state index in [2.05, 4.69) is 17.1 Å². The van der Waals surface area contributed by atoms with Crippen LogP contribution in [0.25, 0.3) is 0 Å². The van der Waals surface area contributed by atoms with Crippen molar-refractivity contribution in [2.45, 2.75) is 5.75 Å². The molecule has 86 valence electrons. The van der Waals surface area contributed by atoms with E-state index in [1.54, 1.807) is 7.11 Å². The van der Waals surface area contributed by atoms with Crippen LogP contribution in [-0.2, 0) is 5.75 Å². The summed E-state index contributed by atoms with van der Waals surface area (Å²) < 4.78 is 5.07. The predicted octanol–water partition coefficient (Wildman–Crippen LogP) is 1.89. The summed E-state index contributed by atoms with van der Waals surface area (Å²) in [5.41, 5.74) is 9.40. The van der Waals surface area contributed by atoms with Gasteiger partial charge in [0.1, 0.15) is 5.75 Å². The molecule has 0 radical (unpaired) electrons. The van der Waals surface area contributed by atoms with E-state index in [1.165, 1.54) is 23.5 Å². The molecule has 0 amide bonds. The highest BCUT2D eigenvalue weighted by molar-refractivity contribution is 8.13. The Morgan fingerprint density at radius 3 is 2.81 bits per heavy atom. The summed E-state index contributed by atoms with van der Waals surface area (Å²) in [4.78, 5) is 0. The summed E-state index contributed by atoms with van der Waals surface area (Å²) >= 11 is 1.46. The molecule has 5 heteroatoms. The molecule has 0 aliphatic carbocycles. The Balaban J connectivity index is 2.45. The molecule has 0 bridgehead atoms. The number of benzene rings is 1. The lowest BCUT2D eigenvalue weighted by molar-refractivity contribution is 0.414. The minimum Gasteiger partial charge on any atom is -0.497 e. The smallest absolute Gasteiger partial charge is 0.178 e. The Morgan fingerprint density at radius 2 is 2.25 bits per heavy atom. The lowest BCUT2D eigenvalue weighted by Crippen LogP contribution is -2.11. The quantitative estimate of drug-likeness (QED) is 0.466. The number of thioether (sulfide) groups is 1. The third-order valence-electron chi connectivity index (χ3n) is 1.81. The summed E-state index contributed by atoms with van der Waals surface area (Å²) in [5, 5.41) is 4.34. The first-order valence-electron chi connectivity index (χ1n) is 4.71. The van der Waals surface area contributed by atoms with Crippen LogP contribution >= 0.6 is 11.8 Å². The van der Waals surface area contributed by atoms with Gasteiger partial charge >= 0.3 is 0 Å². The molecule has 1 rings (SSSR count). The molecule has 0 saturated carbocycles. The molecule has 0 fully saturated rings. The second-order valence-electron chi connectivity index (χ2n) is 2.92. The van der Waals surface area contributed by atoms with E-state index in [0.717, 1.165) is 11.5 Å². The number of hydrazone groups is 1. The Bertz CT molecular complexity index is 362. The average Bonchev–Trinajstić information content (AvgIpc) is 2.34. The third kappa shape index (κ3) is 4.27. The van der Waals surface area contributed by atoms with Gasteiger partial charge in [0.05, 0.1) is 7.11 Å². The van der Waals surface area contributed by atoms with E-state index in [9.17, 15) is 0 Å². The monoisotopic (exact) mass is 237 g/mol. The van der Waals surface area contributed by atoms with E-state index in [1.807, 2.05) is 24.3 Å². The first kappa shape index (κ1) is 12.4. The van der Waals surface area contributed by atoms with Gasteiger partial charge in [-0.3, -0.25) is 5.43 Å². The molecular formula is C11H15N3OS. The van der Waals surface area contributed by atoms with Crippen LogP contribution in [0.3, 0.4) is 0 Å². The maximum absolute atomic E-state index is 5.64. The lowest BCUT2D eigenvalue weighted by atomic mass is 10.2. The number of nitrogens with two attached hydrogens (primary N) is 1. The predicted molar refractivity (Wildman–Crippen MR) is 69.2 cm³/mol. The van der Waals surface area contributed by atoms with Crippen molar-refractivity contribution in [3.63, 3.8) is 0 Å². The third-order valence-corrected chi connectivity index (χ3v) is 2.68. The second kappa shape index (κ2) is 6.79. The summed E-state index contributed by atoms with van der Waals surface area (Å²) in [6, 6.07) is 7.84. The van der Waals surface area contributed by atoms with Gasteiger partial charge in [-0.2, -0.15) is 5.10 Å². The van der Waals surface area contributed by atoms with Gasteiger partial charge in [-0.25, -0.2) is 0 Å². The fourth-order valence-electron chi connectivity index (χ4n) is 1.02. The van der Waals surface area contributed by atoms with Gasteiger partial charge in [0.2, 0.25) is 0 Å². The summed E-state index contributed by atoms with van der Waals surface area (Å²) in [6.45, 7) is 3.47. The van der Waals surface area contributed by atoms with Crippen LogP contribution < -0.4 is 15.9 Å². The maximum Gasteiger partial charge on any atom is 0.178 e. The van der Waals surface area contributed by atoms with E-state index in [-0.39, 0.29) is 0 Å². The molecule has 0 saturated heterocycles. The zero-order valence-corrected chi connectivity index (χ0v) is 9.96. The van der Waals surface area contributed by atoms with Crippen molar-refractivity contribution in [1.82, 2.24) is 5.43 Å². The summed E-state index contributed by atoms with van der Waals surface area (Å²) in [5.74, 6) is 1.63. The van der Waals surface area contributed by atoms with Crippen molar-refractivity contribution in [1.29, 1.82) is 0 Å². The lowest BCUT2D eigenvalue weighted by Gasteiger charge is -2.03. The zero-order valence-electron chi connectivity index (χ0n) is 9.14. The molecular weight excluding hydrogens is 222 g/mol. The van der Waals surface area contributed by atoms with Crippen molar-refractivity contribution < 1.29 is 4.74 Å². The van der Waals surface area contributed by atoms with Crippen molar-refractivity contribution in [2.24, 2.45) is 10.8 Å². The van der Waals surface area contributed by atoms with Gasteiger partial charge in [0.25, 0.3) is 0 Å². The SMILES string of the molecule is C=CN/N=C(\N)SCc1ccc(OC)cc1. The zero-order chi connectivity index (χ0) is 11.8. The Morgan fingerprint density at radius 1 is 1.56 bits per heavy atom. The number of hydrogen-bond donors (Lipinski definition) is 2. The fourth-order valence-corrected chi connectivity index (χ4v) is 1.64. The van der Waals surface area contributed by atoms with Gasteiger partial charge in [-0.1, -0.05) is 30.5 Å². The van der Waals surface area contributed by atoms with Crippen LogP contribution in [0.4, 0.5) is 0 Å². The number of methoxy groups -OCH3 is 1. The van der Waals surface area contributed by atoms with E-state index in [0.29, 0.717) is 5.17 Å². The number of rotatable bonds is 5. The van der Waals surface area contributed by atoms with Crippen LogP contribution in [0.1, 0.15) is 5.56 Å². The molecule has 4 nitrogen and oxygen atoms in total. The number of nitrogens with one attached hydrogen (secondary N) is 1. The molecule has 16 heavy (non-hydrogen) atoms. The van der Waals surface area contributed by atoms with E-state index >= 15 is 0 Å². The molecule has 0 unspecified atom stereocenters. The number of hydrogen-bond acceptors (Lipinski definition) is 4. The van der Waals surface area contributed by atoms with Crippen LogP contribution in [0.2, 0.25) is 0 Å². The highest BCUT2D eigenvalue weighted by atomic mass is 32.2. The van der Waals surface area contributed by atoms with Crippen molar-refractivity contribution in [3.8, 4) is 5.75 Å². The molecule has 0 heterocycles. The van der Waals surface area contributed by atoms with Gasteiger partial charge < -0.3 is 10.5 Å². The highest BCUT2D eigenvalue weighted by Crippen LogP contribution is 2.16. The van der Waals surface area contributed by atoms with E-state index in [4.69, 9.17) is 10.5 Å². The number of amidine groups is 1. The summed E-state index contributed by atoms with van der Waals surface area (Å²) in [7, 11) is 1.65. The molecule has 0 aromatic heterocycles. The van der Waals surface area contributed by atoms with Gasteiger partial charge in [0, 0.05) is 12.0 Å². The van der Waals surface area contributed by atoms with Crippen molar-refractivity contribution >= 4 is 16.9 Å². The van der Waals surface area contributed by atoms with Gasteiger partial charge in [-0.05, 0) is 17.7 Å². The first-order chi connectivity index (χ1) is 7.76. The molecule has 0 aliphatic rings. The Hall–Kier alpha value is -1.62. The molecule has 3 N–H and O–H groups in total. The first-order valence-corrected chi connectivity index (χ1v) is 5.70. The Labute approximate surface area is 99.6 Å². The number of ether oxygens (including phenoxy) is 1. The van der Waals surface area contributed by atoms with Crippen LogP contribution in [0.15, 0.2) is 42.1 Å². The molecule has 0 spiro atoms. The topological polar surface area (TPSA) is 59.6 Å². The van der Waals surface area contributed by atoms with Crippen LogP contribution in [0, 0.1) is 0 Å². The van der Waals surface area contributed by atoms with Crippen molar-refractivity contribution in [2.75, 3.05) is 7.11 Å². The van der Waals surface area contributed by atoms with Crippen LogP contribution in [0.5, 0.6) is 5.75 Å². The minimum atomic E-state index is 0.482. The molecule has 1 aromatic carbocycles. The molecule has 0 aliphatic heterocycles. The van der Waals surface area contributed by atoms with Crippen molar-refractivity contribution in [3.05, 3.63) is 42.6 Å². The fraction of sp³-hybridized carbons (Fsp3) is 0.182. The van der Waals surface area contributed by atoms with Crippen LogP contribution in [-0.4, -0.2) is 12.3 Å². The standard InChI is InChI=1S/C11H15N3OS/c1-3-13-14-11(12)16-8-9-4-6-10(15-2)7-5-9/h3-7,13H,1,8H2,2H3,(H2,12,14). The minimum absolute atomic E-state index is 0.482. The van der Waals surface area contributed by atoms with Gasteiger partial charge in [-0.15, -0.1) is 0 Å². The molecule has 1 aromatic rings. The maximum atomic E-state index is 5.64.